The van der Waals surface area contributed by atoms with Gasteiger partial charge >= 0.3 is 0 Å². The first-order valence-corrected chi connectivity index (χ1v) is 7.25. The second-order valence-electron chi connectivity index (χ2n) is 5.00. The second-order valence-corrected chi connectivity index (χ2v) is 5.00. The van der Waals surface area contributed by atoms with Crippen LogP contribution in [0.3, 0.4) is 0 Å². The maximum atomic E-state index is 13.2. The Morgan fingerprint density at radius 3 is 2.50 bits per heavy atom. The number of aliphatic hydroxyl groups is 1. The highest BCUT2D eigenvalue weighted by molar-refractivity contribution is 5.97. The number of amides is 1. The number of halogens is 1. The Balaban J connectivity index is 2.08. The third-order valence-electron chi connectivity index (χ3n) is 3.37. The quantitative estimate of drug-likeness (QED) is 0.752. The number of hydrogen-bond donors (Lipinski definition) is 2. The molecule has 0 bridgehead atoms. The molecule has 0 fully saturated rings. The summed E-state index contributed by atoms with van der Waals surface area (Å²) in [4.78, 5) is 15.7. The lowest BCUT2D eigenvalue weighted by molar-refractivity contribution is -0.116. The van der Waals surface area contributed by atoms with Gasteiger partial charge in [0.1, 0.15) is 11.5 Å². The van der Waals surface area contributed by atoms with Gasteiger partial charge in [0.05, 0.1) is 18.6 Å². The molecule has 3 rings (SSSR count). The zero-order chi connectivity index (χ0) is 16.9. The highest BCUT2D eigenvalue weighted by Crippen LogP contribution is 2.37. The van der Waals surface area contributed by atoms with E-state index in [2.05, 4.69) is 15.5 Å². The van der Waals surface area contributed by atoms with Crippen molar-refractivity contribution in [3.05, 3.63) is 54.6 Å². The lowest BCUT2D eigenvalue weighted by Crippen LogP contribution is -2.12. The van der Waals surface area contributed by atoms with Crippen molar-refractivity contribution in [3.63, 3.8) is 0 Å². The van der Waals surface area contributed by atoms with Crippen LogP contribution in [0.2, 0.25) is 0 Å². The van der Waals surface area contributed by atoms with E-state index in [1.165, 1.54) is 12.1 Å². The number of aromatic nitrogens is 2. The molecule has 0 aliphatic heterocycles. The summed E-state index contributed by atoms with van der Waals surface area (Å²) in [5.74, 6) is -0.585. The molecule has 2 aromatic heterocycles. The fraction of sp³-hybridized carbons (Fsp3) is 0.118. The molecule has 1 aromatic carbocycles. The summed E-state index contributed by atoms with van der Waals surface area (Å²) in [7, 11) is 0. The van der Waals surface area contributed by atoms with Crippen molar-refractivity contribution < 1.29 is 18.8 Å². The number of carbonyl (C=O) groups is 1. The Morgan fingerprint density at radius 2 is 1.83 bits per heavy atom. The van der Waals surface area contributed by atoms with E-state index < -0.39 is 5.91 Å². The summed E-state index contributed by atoms with van der Waals surface area (Å²) >= 11 is 0. The van der Waals surface area contributed by atoms with Gasteiger partial charge in [0.15, 0.2) is 0 Å². The Hall–Kier alpha value is -3.06. The molecule has 0 aliphatic carbocycles. The third-order valence-corrected chi connectivity index (χ3v) is 3.37. The SMILES string of the molecule is O=C(CCO)Nc1onc(-c2ccc(F)cc2)c1-c1ccncc1. The minimum absolute atomic E-state index is 0.0532. The molecular formula is C17H14FN3O3. The summed E-state index contributed by atoms with van der Waals surface area (Å²) in [6.07, 6.45) is 3.16. The van der Waals surface area contributed by atoms with Crippen molar-refractivity contribution in [1.29, 1.82) is 0 Å². The number of aliphatic hydroxyl groups excluding tert-OH is 1. The van der Waals surface area contributed by atoms with E-state index in [0.29, 0.717) is 16.8 Å². The van der Waals surface area contributed by atoms with Crippen LogP contribution in [-0.2, 0) is 4.79 Å². The van der Waals surface area contributed by atoms with Crippen LogP contribution in [0.4, 0.5) is 10.3 Å². The van der Waals surface area contributed by atoms with Crippen molar-refractivity contribution in [2.24, 2.45) is 0 Å². The summed E-state index contributed by atoms with van der Waals surface area (Å²) < 4.78 is 18.4. The Bertz CT molecular complexity index is 832. The predicted molar refractivity (Wildman–Crippen MR) is 85.5 cm³/mol. The summed E-state index contributed by atoms with van der Waals surface area (Å²) in [5, 5.41) is 15.5. The van der Waals surface area contributed by atoms with Gasteiger partial charge in [-0.05, 0) is 42.0 Å². The van der Waals surface area contributed by atoms with E-state index >= 15 is 0 Å². The number of nitrogens with zero attached hydrogens (tertiary/aromatic N) is 2. The molecule has 6 nitrogen and oxygen atoms in total. The van der Waals surface area contributed by atoms with Gasteiger partial charge in [-0.2, -0.15) is 0 Å². The van der Waals surface area contributed by atoms with Crippen LogP contribution in [0.15, 0.2) is 53.3 Å². The monoisotopic (exact) mass is 327 g/mol. The molecule has 7 heteroatoms. The number of nitrogens with one attached hydrogen (secondary N) is 1. The van der Waals surface area contributed by atoms with Crippen molar-refractivity contribution in [2.45, 2.75) is 6.42 Å². The molecule has 3 aromatic rings. The van der Waals surface area contributed by atoms with Crippen LogP contribution in [0, 0.1) is 5.82 Å². The number of benzene rings is 1. The lowest BCUT2D eigenvalue weighted by Gasteiger charge is -2.05. The first-order valence-electron chi connectivity index (χ1n) is 7.25. The van der Waals surface area contributed by atoms with Gasteiger partial charge in [0.25, 0.3) is 0 Å². The molecule has 0 radical (unpaired) electrons. The van der Waals surface area contributed by atoms with Crippen molar-refractivity contribution >= 4 is 11.8 Å². The molecule has 0 aliphatic rings. The Labute approximate surface area is 136 Å². The highest BCUT2D eigenvalue weighted by Gasteiger charge is 2.21. The van der Waals surface area contributed by atoms with Gasteiger partial charge in [-0.15, -0.1) is 0 Å². The topological polar surface area (TPSA) is 88.2 Å². The van der Waals surface area contributed by atoms with Crippen molar-refractivity contribution in [1.82, 2.24) is 10.1 Å². The van der Waals surface area contributed by atoms with Gasteiger partial charge in [0.2, 0.25) is 11.8 Å². The highest BCUT2D eigenvalue weighted by atomic mass is 19.1. The van der Waals surface area contributed by atoms with E-state index in [1.807, 2.05) is 0 Å². The van der Waals surface area contributed by atoms with Gasteiger partial charge in [-0.25, -0.2) is 4.39 Å². The molecule has 0 unspecified atom stereocenters. The normalized spacial score (nSPS) is 10.6. The maximum absolute atomic E-state index is 13.2. The van der Waals surface area contributed by atoms with Crippen molar-refractivity contribution in [2.75, 3.05) is 11.9 Å². The predicted octanol–water partition coefficient (Wildman–Crippen LogP) is 2.86. The van der Waals surface area contributed by atoms with Gasteiger partial charge in [0, 0.05) is 18.0 Å². The molecule has 1 amide bonds. The number of anilines is 1. The van der Waals surface area contributed by atoms with Crippen LogP contribution in [-0.4, -0.2) is 27.8 Å². The number of carbonyl (C=O) groups excluding carboxylic acids is 1. The lowest BCUT2D eigenvalue weighted by atomic mass is 10.0. The van der Waals surface area contributed by atoms with Crippen LogP contribution in [0.25, 0.3) is 22.4 Å². The molecule has 122 valence electrons. The second kappa shape index (κ2) is 7.01. The molecule has 0 spiro atoms. The van der Waals surface area contributed by atoms with Crippen LogP contribution in [0.1, 0.15) is 6.42 Å². The van der Waals surface area contributed by atoms with E-state index in [4.69, 9.17) is 9.63 Å². The minimum Gasteiger partial charge on any atom is -0.396 e. The van der Waals surface area contributed by atoms with Crippen LogP contribution < -0.4 is 5.32 Å². The number of rotatable bonds is 5. The standard InChI is InChI=1S/C17H14FN3O3/c18-13-3-1-12(2-4-13)16-15(11-5-8-19-9-6-11)17(24-21-16)20-14(23)7-10-22/h1-6,8-9,22H,7,10H2,(H,20,23). The van der Waals surface area contributed by atoms with Gasteiger partial charge in [-0.1, -0.05) is 5.16 Å². The van der Waals surface area contributed by atoms with E-state index in [-0.39, 0.29) is 24.7 Å². The molecule has 0 saturated heterocycles. The summed E-state index contributed by atoms with van der Waals surface area (Å²) in [6, 6.07) is 9.31. The van der Waals surface area contributed by atoms with Crippen LogP contribution in [0.5, 0.6) is 0 Å². The van der Waals surface area contributed by atoms with Crippen LogP contribution >= 0.6 is 0 Å². The van der Waals surface area contributed by atoms with Crippen molar-refractivity contribution in [3.8, 4) is 22.4 Å². The zero-order valence-corrected chi connectivity index (χ0v) is 12.6. The molecule has 2 heterocycles. The molecule has 0 atom stereocenters. The third kappa shape index (κ3) is 3.31. The number of pyridine rings is 1. The first-order chi connectivity index (χ1) is 11.7. The maximum Gasteiger partial charge on any atom is 0.239 e. The average Bonchev–Trinajstić information content (AvgIpc) is 3.00. The largest absolute Gasteiger partial charge is 0.396 e. The fourth-order valence-corrected chi connectivity index (χ4v) is 2.26. The van der Waals surface area contributed by atoms with E-state index in [0.717, 1.165) is 5.56 Å². The minimum atomic E-state index is -0.394. The zero-order valence-electron chi connectivity index (χ0n) is 12.6. The van der Waals surface area contributed by atoms with Gasteiger partial charge < -0.3 is 9.63 Å². The fourth-order valence-electron chi connectivity index (χ4n) is 2.26. The first kappa shape index (κ1) is 15.8. The number of hydrogen-bond acceptors (Lipinski definition) is 5. The summed E-state index contributed by atoms with van der Waals surface area (Å²) in [5.41, 5.74) is 2.43. The molecule has 0 saturated carbocycles. The smallest absolute Gasteiger partial charge is 0.239 e. The summed E-state index contributed by atoms with van der Waals surface area (Å²) in [6.45, 7) is -0.268. The van der Waals surface area contributed by atoms with E-state index in [9.17, 15) is 9.18 Å². The Morgan fingerprint density at radius 1 is 1.12 bits per heavy atom. The molecular weight excluding hydrogens is 313 g/mol. The molecule has 2 N–H and O–H groups in total. The molecule has 24 heavy (non-hydrogen) atoms. The Kier molecular flexibility index (Phi) is 4.62. The van der Waals surface area contributed by atoms with Gasteiger partial charge in [-0.3, -0.25) is 15.1 Å². The average molecular weight is 327 g/mol. The van der Waals surface area contributed by atoms with E-state index in [1.54, 1.807) is 36.7 Å².